The van der Waals surface area contributed by atoms with E-state index in [0.29, 0.717) is 0 Å². The third-order valence-electron chi connectivity index (χ3n) is 0.523. The molecule has 0 bridgehead atoms. The number of aliphatic imine (C=N–C) groups is 1. The molecule has 0 aromatic carbocycles. The summed E-state index contributed by atoms with van der Waals surface area (Å²) >= 11 is 0. The first-order chi connectivity index (χ1) is 3.39. The lowest BCUT2D eigenvalue weighted by Crippen LogP contribution is -2.32. The smallest absolute Gasteiger partial charge is 0.112 e. The van der Waals surface area contributed by atoms with Gasteiger partial charge in [-0.1, -0.05) is 0 Å². The lowest BCUT2D eigenvalue weighted by Gasteiger charge is -2.10. The zero-order valence-electron chi connectivity index (χ0n) is 3.55. The molecule has 0 unspecified atom stereocenters. The molecule has 2 radical (unpaired) electrons. The summed E-state index contributed by atoms with van der Waals surface area (Å²) in [4.78, 5) is 3.52. The third kappa shape index (κ3) is 0.902. The van der Waals surface area contributed by atoms with Gasteiger partial charge in [-0.25, -0.2) is 10.1 Å². The lowest BCUT2D eigenvalue weighted by atomic mass is 10.9. The first-order valence-electron chi connectivity index (χ1n) is 1.76. The van der Waals surface area contributed by atoms with Crippen LogP contribution in [0.2, 0.25) is 0 Å². The summed E-state index contributed by atoms with van der Waals surface area (Å²) in [5.41, 5.74) is 2.47. The van der Waals surface area contributed by atoms with Crippen molar-refractivity contribution in [1.82, 2.24) is 16.4 Å². The molecule has 1 aliphatic heterocycles. The second kappa shape index (κ2) is 1.61. The summed E-state index contributed by atoms with van der Waals surface area (Å²) in [7, 11) is 0. The molecule has 1 rings (SSSR count). The van der Waals surface area contributed by atoms with Crippen LogP contribution in [0.3, 0.4) is 0 Å². The van der Waals surface area contributed by atoms with Crippen molar-refractivity contribution in [3.8, 4) is 0 Å². The second-order valence-corrected chi connectivity index (χ2v) is 1.02. The van der Waals surface area contributed by atoms with Crippen LogP contribution in [0.4, 0.5) is 0 Å². The van der Waals surface area contributed by atoms with Gasteiger partial charge in [-0.05, 0) is 0 Å². The molecule has 36 valence electrons. The first-order valence-corrected chi connectivity index (χ1v) is 1.76. The number of nitrogens with zero attached hydrogens (tertiary/aromatic N) is 2. The molecule has 1 aliphatic rings. The van der Waals surface area contributed by atoms with Crippen LogP contribution in [0.25, 0.3) is 0 Å². The molecule has 0 aromatic heterocycles. The highest BCUT2D eigenvalue weighted by Crippen LogP contribution is 1.78. The minimum atomic E-state index is 1.01. The molecule has 0 aliphatic carbocycles. The predicted octanol–water partition coefficient (Wildman–Crippen LogP) is -0.693. The molecule has 4 heteroatoms. The highest BCUT2D eigenvalue weighted by Gasteiger charge is 1.87. The summed E-state index contributed by atoms with van der Waals surface area (Å²) in [6.45, 7) is 0. The van der Waals surface area contributed by atoms with Gasteiger partial charge in [-0.15, -0.1) is 5.84 Å². The van der Waals surface area contributed by atoms with Crippen molar-refractivity contribution in [2.45, 2.75) is 0 Å². The SMILES string of the molecule is [NH]N1C=[C]N=CN1. The second-order valence-electron chi connectivity index (χ2n) is 1.02. The van der Waals surface area contributed by atoms with Crippen LogP contribution >= 0.6 is 0 Å². The molecular weight excluding hydrogens is 92.1 g/mol. The van der Waals surface area contributed by atoms with E-state index in [-0.39, 0.29) is 0 Å². The van der Waals surface area contributed by atoms with Gasteiger partial charge in [0.2, 0.25) is 0 Å². The Labute approximate surface area is 41.3 Å². The van der Waals surface area contributed by atoms with E-state index in [1.807, 2.05) is 0 Å². The first kappa shape index (κ1) is 4.14. The van der Waals surface area contributed by atoms with Gasteiger partial charge in [-0.2, -0.15) is 0 Å². The Morgan fingerprint density at radius 2 is 2.71 bits per heavy atom. The van der Waals surface area contributed by atoms with E-state index in [1.54, 1.807) is 0 Å². The van der Waals surface area contributed by atoms with E-state index in [1.165, 1.54) is 12.5 Å². The lowest BCUT2D eigenvalue weighted by molar-refractivity contribution is 0.326. The van der Waals surface area contributed by atoms with E-state index in [2.05, 4.69) is 16.6 Å². The molecule has 1 heterocycles. The zero-order valence-corrected chi connectivity index (χ0v) is 3.55. The van der Waals surface area contributed by atoms with Crippen LogP contribution < -0.4 is 11.3 Å². The van der Waals surface area contributed by atoms with Crippen molar-refractivity contribution in [3.05, 3.63) is 12.4 Å². The molecule has 4 nitrogen and oxygen atoms in total. The van der Waals surface area contributed by atoms with Gasteiger partial charge in [0.25, 0.3) is 0 Å². The maximum absolute atomic E-state index is 6.78. The summed E-state index contributed by atoms with van der Waals surface area (Å²) in [6.07, 6.45) is 5.21. The molecule has 2 N–H and O–H groups in total. The summed E-state index contributed by atoms with van der Waals surface area (Å²) in [5, 5.41) is 1.01. The minimum absolute atomic E-state index is 1.01. The molecule has 0 atom stereocenters. The van der Waals surface area contributed by atoms with E-state index in [9.17, 15) is 0 Å². The van der Waals surface area contributed by atoms with E-state index >= 15 is 0 Å². The van der Waals surface area contributed by atoms with Crippen molar-refractivity contribution in [3.63, 3.8) is 0 Å². The highest BCUT2D eigenvalue weighted by atomic mass is 15.7. The maximum atomic E-state index is 6.78. The largest absolute Gasteiger partial charge is 0.272 e. The van der Waals surface area contributed by atoms with Crippen molar-refractivity contribution in [2.24, 2.45) is 4.99 Å². The summed E-state index contributed by atoms with van der Waals surface area (Å²) in [5.74, 6) is 6.78. The molecule has 0 saturated carbocycles. The zero-order chi connectivity index (χ0) is 5.11. The van der Waals surface area contributed by atoms with Crippen molar-refractivity contribution in [2.75, 3.05) is 0 Å². The fourth-order valence-corrected chi connectivity index (χ4v) is 0.257. The third-order valence-corrected chi connectivity index (χ3v) is 0.523. The van der Waals surface area contributed by atoms with Gasteiger partial charge in [0, 0.05) is 0 Å². The minimum Gasteiger partial charge on any atom is -0.272 e. The number of hydrazine groups is 1. The van der Waals surface area contributed by atoms with Gasteiger partial charge < -0.3 is 0 Å². The fraction of sp³-hybridized carbons (Fsp3) is 0. The van der Waals surface area contributed by atoms with Gasteiger partial charge in [0.15, 0.2) is 0 Å². The van der Waals surface area contributed by atoms with Crippen LogP contribution in [-0.4, -0.2) is 11.5 Å². The van der Waals surface area contributed by atoms with Crippen LogP contribution in [-0.2, 0) is 0 Å². The van der Waals surface area contributed by atoms with Crippen molar-refractivity contribution >= 4 is 6.34 Å². The molecular formula is C3H4N4. The van der Waals surface area contributed by atoms with Crippen molar-refractivity contribution in [1.29, 1.82) is 0 Å². The maximum Gasteiger partial charge on any atom is 0.112 e. The normalized spacial score (nSPS) is 17.0. The molecule has 7 heavy (non-hydrogen) atoms. The van der Waals surface area contributed by atoms with Crippen LogP contribution in [0, 0.1) is 6.20 Å². The fourth-order valence-electron chi connectivity index (χ4n) is 0.257. The highest BCUT2D eigenvalue weighted by molar-refractivity contribution is 5.54. The number of rotatable bonds is 0. The van der Waals surface area contributed by atoms with E-state index in [4.69, 9.17) is 5.84 Å². The molecule has 0 saturated heterocycles. The number of hydrogen-bond acceptors (Lipinski definition) is 3. The Kier molecular flexibility index (Phi) is 0.953. The Morgan fingerprint density at radius 1 is 1.86 bits per heavy atom. The summed E-state index contributed by atoms with van der Waals surface area (Å²) in [6, 6.07) is 0. The summed E-state index contributed by atoms with van der Waals surface area (Å²) < 4.78 is 0. The van der Waals surface area contributed by atoms with Gasteiger partial charge in [0.1, 0.15) is 12.5 Å². The average molecular weight is 96.1 g/mol. The Balaban J connectivity index is 2.49. The Bertz CT molecular complexity index is 106. The van der Waals surface area contributed by atoms with E-state index in [0.717, 1.165) is 5.12 Å². The molecule has 0 amide bonds. The van der Waals surface area contributed by atoms with Crippen molar-refractivity contribution < 1.29 is 0 Å². The molecule has 0 aromatic rings. The average Bonchev–Trinajstić information content (AvgIpc) is 1.69. The number of hydrogen-bond donors (Lipinski definition) is 1. The predicted molar refractivity (Wildman–Crippen MR) is 24.4 cm³/mol. The van der Waals surface area contributed by atoms with Crippen LogP contribution in [0.15, 0.2) is 11.2 Å². The molecule has 0 fully saturated rings. The van der Waals surface area contributed by atoms with Gasteiger partial charge in [0.05, 0.1) is 6.20 Å². The van der Waals surface area contributed by atoms with Crippen LogP contribution in [0.5, 0.6) is 0 Å². The standard InChI is InChI=1S/C3H4N4/c4-7-2-1-5-3-6-7/h2-4H,(H,5,6). The van der Waals surface area contributed by atoms with Gasteiger partial charge >= 0.3 is 0 Å². The van der Waals surface area contributed by atoms with Gasteiger partial charge in [-0.3, -0.25) is 5.43 Å². The Morgan fingerprint density at radius 3 is 3.00 bits per heavy atom. The monoisotopic (exact) mass is 96.0 g/mol. The van der Waals surface area contributed by atoms with E-state index < -0.39 is 0 Å². The quantitative estimate of drug-likeness (QED) is 0.434. The topological polar surface area (TPSA) is 51.4 Å². The number of nitrogens with one attached hydrogen (secondary N) is 2. The Hall–Kier alpha value is -1.03. The molecule has 0 spiro atoms. The van der Waals surface area contributed by atoms with Crippen LogP contribution in [0.1, 0.15) is 0 Å².